The first-order valence-corrected chi connectivity index (χ1v) is 4.51. The van der Waals surface area contributed by atoms with Gasteiger partial charge in [-0.15, -0.1) is 17.0 Å². The number of nitrogens with zero attached hydrogens (tertiary/aromatic N) is 2. The molecule has 0 aliphatic carbocycles. The number of alkyl halides is 1. The van der Waals surface area contributed by atoms with Crippen molar-refractivity contribution in [3.63, 3.8) is 0 Å². The van der Waals surface area contributed by atoms with Gasteiger partial charge in [-0.05, 0) is 18.2 Å². The van der Waals surface area contributed by atoms with E-state index in [1.807, 2.05) is 28.9 Å². The van der Waals surface area contributed by atoms with Gasteiger partial charge in [0.2, 0.25) is 0 Å². The second kappa shape index (κ2) is 4.05. The lowest BCUT2D eigenvalue weighted by Gasteiger charge is -1.87. The second-order valence-corrected chi connectivity index (χ2v) is 2.90. The Hall–Kier alpha value is -0.350. The number of hydrogen-bond acceptors (Lipinski definition) is 1. The van der Waals surface area contributed by atoms with Gasteiger partial charge in [0, 0.05) is 11.5 Å². The molecule has 0 unspecified atom stereocenters. The molecule has 12 heavy (non-hydrogen) atoms. The minimum Gasteiger partial charge on any atom is -0.241 e. The number of pyridine rings is 1. The highest BCUT2D eigenvalue weighted by Gasteiger charge is 1.96. The molecule has 0 N–H and O–H groups in total. The van der Waals surface area contributed by atoms with Gasteiger partial charge >= 0.3 is 0 Å². The predicted molar refractivity (Wildman–Crippen MR) is 58.1 cm³/mol. The molecule has 64 valence electrons. The maximum absolute atomic E-state index is 4.30. The van der Waals surface area contributed by atoms with E-state index < -0.39 is 0 Å². The lowest BCUT2D eigenvalue weighted by Crippen LogP contribution is -1.84. The summed E-state index contributed by atoms with van der Waals surface area (Å²) in [5.74, 6) is 0. The molecular weight excluding hydrogens is 284 g/mol. The van der Waals surface area contributed by atoms with Crippen molar-refractivity contribution in [1.82, 2.24) is 9.61 Å². The van der Waals surface area contributed by atoms with Crippen molar-refractivity contribution in [1.29, 1.82) is 0 Å². The average molecular weight is 292 g/mol. The van der Waals surface area contributed by atoms with Crippen molar-refractivity contribution in [3.8, 4) is 0 Å². The van der Waals surface area contributed by atoms with E-state index in [0.717, 1.165) is 16.5 Å². The fraction of sp³-hybridized carbons (Fsp3) is 0.125. The molecule has 0 bridgehead atoms. The summed E-state index contributed by atoms with van der Waals surface area (Å²) in [7, 11) is 0. The molecular formula is C8H8Br2N2. The van der Waals surface area contributed by atoms with Crippen LogP contribution in [0.2, 0.25) is 0 Å². The highest BCUT2D eigenvalue weighted by molar-refractivity contribution is 9.08. The summed E-state index contributed by atoms with van der Waals surface area (Å²) >= 11 is 3.36. The van der Waals surface area contributed by atoms with Gasteiger partial charge < -0.3 is 0 Å². The van der Waals surface area contributed by atoms with Crippen LogP contribution in [-0.2, 0) is 5.33 Å². The number of rotatable bonds is 1. The lowest BCUT2D eigenvalue weighted by atomic mass is 10.4. The smallest absolute Gasteiger partial charge is 0.0740 e. The molecule has 2 aromatic heterocycles. The van der Waals surface area contributed by atoms with Crippen LogP contribution in [0.15, 0.2) is 30.5 Å². The molecule has 4 heteroatoms. The van der Waals surface area contributed by atoms with Crippen molar-refractivity contribution in [2.45, 2.75) is 5.33 Å². The number of aromatic nitrogens is 2. The van der Waals surface area contributed by atoms with E-state index in [4.69, 9.17) is 0 Å². The molecule has 0 amide bonds. The fourth-order valence-corrected chi connectivity index (χ4v) is 1.33. The van der Waals surface area contributed by atoms with E-state index >= 15 is 0 Å². The van der Waals surface area contributed by atoms with Crippen molar-refractivity contribution in [2.24, 2.45) is 0 Å². The zero-order valence-corrected chi connectivity index (χ0v) is 9.57. The van der Waals surface area contributed by atoms with E-state index in [1.165, 1.54) is 0 Å². The summed E-state index contributed by atoms with van der Waals surface area (Å²) in [6.07, 6.45) is 1.95. The van der Waals surface area contributed by atoms with Gasteiger partial charge in [-0.1, -0.05) is 22.0 Å². The van der Waals surface area contributed by atoms with Crippen LogP contribution in [0.4, 0.5) is 0 Å². The summed E-state index contributed by atoms with van der Waals surface area (Å²) in [6, 6.07) is 8.08. The molecule has 2 heterocycles. The molecule has 0 radical (unpaired) electrons. The van der Waals surface area contributed by atoms with Gasteiger partial charge in [0.05, 0.1) is 11.2 Å². The van der Waals surface area contributed by atoms with E-state index in [9.17, 15) is 0 Å². The number of fused-ring (bicyclic) bond motifs is 1. The first kappa shape index (κ1) is 9.74. The molecule has 0 saturated carbocycles. The molecule has 0 fully saturated rings. The normalized spacial score (nSPS) is 9.75. The third kappa shape index (κ3) is 1.69. The average Bonchev–Trinajstić information content (AvgIpc) is 2.46. The Balaban J connectivity index is 0.000000720. The summed E-state index contributed by atoms with van der Waals surface area (Å²) < 4.78 is 1.87. The van der Waals surface area contributed by atoms with Crippen LogP contribution in [0, 0.1) is 0 Å². The summed E-state index contributed by atoms with van der Waals surface area (Å²) in [6.45, 7) is 0. The lowest BCUT2D eigenvalue weighted by molar-refractivity contribution is 0.931. The van der Waals surface area contributed by atoms with Crippen molar-refractivity contribution < 1.29 is 0 Å². The molecule has 0 aromatic carbocycles. The van der Waals surface area contributed by atoms with Crippen LogP contribution in [0.3, 0.4) is 0 Å². The SMILES string of the molecule is Br.BrCc1cc2ccccn2n1. The Morgan fingerprint density at radius 3 is 2.92 bits per heavy atom. The largest absolute Gasteiger partial charge is 0.241 e. The van der Waals surface area contributed by atoms with Gasteiger partial charge in [0.15, 0.2) is 0 Å². The van der Waals surface area contributed by atoms with E-state index in [1.54, 1.807) is 0 Å². The highest BCUT2D eigenvalue weighted by Crippen LogP contribution is 2.07. The van der Waals surface area contributed by atoms with E-state index in [0.29, 0.717) is 0 Å². The molecule has 2 nitrogen and oxygen atoms in total. The van der Waals surface area contributed by atoms with E-state index in [-0.39, 0.29) is 17.0 Å². The second-order valence-electron chi connectivity index (χ2n) is 2.34. The molecule has 0 saturated heterocycles. The third-order valence-electron chi connectivity index (χ3n) is 1.56. The van der Waals surface area contributed by atoms with Gasteiger partial charge in [-0.25, -0.2) is 4.52 Å². The number of halogens is 2. The Morgan fingerprint density at radius 2 is 2.25 bits per heavy atom. The van der Waals surface area contributed by atoms with Crippen LogP contribution in [0.25, 0.3) is 5.52 Å². The summed E-state index contributed by atoms with van der Waals surface area (Å²) in [4.78, 5) is 0. The molecule has 0 aliphatic rings. The molecule has 2 aromatic rings. The van der Waals surface area contributed by atoms with Crippen molar-refractivity contribution in [2.75, 3.05) is 0 Å². The highest BCUT2D eigenvalue weighted by atomic mass is 79.9. The Kier molecular flexibility index (Phi) is 3.29. The van der Waals surface area contributed by atoms with Gasteiger partial charge in [-0.2, -0.15) is 5.10 Å². The monoisotopic (exact) mass is 290 g/mol. The maximum atomic E-state index is 4.30. The zero-order chi connectivity index (χ0) is 7.68. The van der Waals surface area contributed by atoms with Crippen LogP contribution < -0.4 is 0 Å². The van der Waals surface area contributed by atoms with Crippen LogP contribution in [0.1, 0.15) is 5.69 Å². The van der Waals surface area contributed by atoms with E-state index in [2.05, 4.69) is 27.1 Å². The topological polar surface area (TPSA) is 17.3 Å². The van der Waals surface area contributed by atoms with Gasteiger partial charge in [0.1, 0.15) is 0 Å². The van der Waals surface area contributed by atoms with Crippen LogP contribution in [-0.4, -0.2) is 9.61 Å². The Morgan fingerprint density at radius 1 is 1.42 bits per heavy atom. The Bertz CT molecular complexity index is 337. The van der Waals surface area contributed by atoms with Crippen LogP contribution >= 0.6 is 32.9 Å². The standard InChI is InChI=1S/C8H7BrN2.BrH/c9-6-7-5-8-3-1-2-4-11(8)10-7;/h1-5H,6H2;1H. The fourth-order valence-electron chi connectivity index (χ4n) is 1.06. The minimum atomic E-state index is 0. The molecule has 2 rings (SSSR count). The zero-order valence-electron chi connectivity index (χ0n) is 6.27. The first-order chi connectivity index (χ1) is 5.40. The van der Waals surface area contributed by atoms with Crippen LogP contribution in [0.5, 0.6) is 0 Å². The third-order valence-corrected chi connectivity index (χ3v) is 2.13. The van der Waals surface area contributed by atoms with Gasteiger partial charge in [-0.3, -0.25) is 0 Å². The summed E-state index contributed by atoms with van der Waals surface area (Å²) in [5, 5.41) is 5.12. The molecule has 0 spiro atoms. The first-order valence-electron chi connectivity index (χ1n) is 3.39. The molecule has 0 aliphatic heterocycles. The quantitative estimate of drug-likeness (QED) is 0.739. The van der Waals surface area contributed by atoms with Crippen molar-refractivity contribution in [3.05, 3.63) is 36.2 Å². The molecule has 0 atom stereocenters. The Labute approximate surface area is 89.5 Å². The van der Waals surface area contributed by atoms with Crippen molar-refractivity contribution >= 4 is 38.4 Å². The summed E-state index contributed by atoms with van der Waals surface area (Å²) in [5.41, 5.74) is 2.21. The van der Waals surface area contributed by atoms with Gasteiger partial charge in [0.25, 0.3) is 0 Å². The minimum absolute atomic E-state index is 0. The predicted octanol–water partition coefficient (Wildman–Crippen LogP) is 2.81. The maximum Gasteiger partial charge on any atom is 0.0740 e. The number of hydrogen-bond donors (Lipinski definition) is 0.